The molecule has 0 heterocycles. The van der Waals surface area contributed by atoms with E-state index in [9.17, 15) is 9.90 Å². The Morgan fingerprint density at radius 2 is 1.92 bits per heavy atom. The van der Waals surface area contributed by atoms with E-state index in [0.717, 1.165) is 6.42 Å². The Morgan fingerprint density at radius 3 is 2.23 bits per heavy atom. The molecule has 78 valence electrons. The molecular formula is C10H20O3. The standard InChI is InChI=1S/C10H20O3/c1-5-10(13-4)8(3)7(2)9(12)6-11/h6-10,12H,5H2,1-4H3/t7-,8+,9-,10+/m1/s1. The molecule has 0 saturated carbocycles. The fourth-order valence-corrected chi connectivity index (χ4v) is 1.53. The van der Waals surface area contributed by atoms with E-state index >= 15 is 0 Å². The summed E-state index contributed by atoms with van der Waals surface area (Å²) in [7, 11) is 1.66. The van der Waals surface area contributed by atoms with Crippen molar-refractivity contribution in [2.75, 3.05) is 7.11 Å². The van der Waals surface area contributed by atoms with Crippen molar-refractivity contribution >= 4 is 6.29 Å². The lowest BCUT2D eigenvalue weighted by atomic mass is 9.86. The van der Waals surface area contributed by atoms with Crippen LogP contribution in [0.3, 0.4) is 0 Å². The molecule has 0 aromatic heterocycles. The first-order chi connectivity index (χ1) is 6.08. The average molecular weight is 188 g/mol. The van der Waals surface area contributed by atoms with Crippen molar-refractivity contribution in [1.29, 1.82) is 0 Å². The van der Waals surface area contributed by atoms with Gasteiger partial charge in [0.2, 0.25) is 0 Å². The lowest BCUT2D eigenvalue weighted by Gasteiger charge is -2.28. The predicted octanol–water partition coefficient (Wildman–Crippen LogP) is 1.24. The molecule has 0 aromatic carbocycles. The summed E-state index contributed by atoms with van der Waals surface area (Å²) in [4.78, 5) is 10.4. The molecule has 3 heteroatoms. The second-order valence-electron chi connectivity index (χ2n) is 3.53. The zero-order valence-corrected chi connectivity index (χ0v) is 8.86. The first kappa shape index (κ1) is 12.6. The number of carbonyl (C=O) groups excluding carboxylic acids is 1. The summed E-state index contributed by atoms with van der Waals surface area (Å²) in [5, 5.41) is 9.31. The molecular weight excluding hydrogens is 168 g/mol. The molecule has 0 rings (SSSR count). The monoisotopic (exact) mass is 188 g/mol. The molecule has 0 aliphatic carbocycles. The fraction of sp³-hybridized carbons (Fsp3) is 0.900. The minimum absolute atomic E-state index is 0.0533. The highest BCUT2D eigenvalue weighted by atomic mass is 16.5. The van der Waals surface area contributed by atoms with E-state index in [1.165, 1.54) is 0 Å². The van der Waals surface area contributed by atoms with Crippen LogP contribution in [0.1, 0.15) is 27.2 Å². The van der Waals surface area contributed by atoms with Gasteiger partial charge in [0, 0.05) is 7.11 Å². The Balaban J connectivity index is 4.20. The van der Waals surface area contributed by atoms with Gasteiger partial charge in [0.05, 0.1) is 6.10 Å². The summed E-state index contributed by atoms with van der Waals surface area (Å²) in [6.45, 7) is 5.89. The van der Waals surface area contributed by atoms with Crippen molar-refractivity contribution in [1.82, 2.24) is 0 Å². The minimum Gasteiger partial charge on any atom is -0.385 e. The molecule has 0 unspecified atom stereocenters. The molecule has 0 aliphatic heterocycles. The van der Waals surface area contributed by atoms with Crippen LogP contribution < -0.4 is 0 Å². The van der Waals surface area contributed by atoms with Crippen LogP contribution in [0.5, 0.6) is 0 Å². The molecule has 13 heavy (non-hydrogen) atoms. The zero-order chi connectivity index (χ0) is 10.4. The topological polar surface area (TPSA) is 46.5 Å². The molecule has 0 amide bonds. The van der Waals surface area contributed by atoms with E-state index in [1.54, 1.807) is 7.11 Å². The average Bonchev–Trinajstić information content (AvgIpc) is 2.17. The van der Waals surface area contributed by atoms with Gasteiger partial charge in [-0.05, 0) is 18.3 Å². The number of methoxy groups -OCH3 is 1. The maximum atomic E-state index is 10.4. The van der Waals surface area contributed by atoms with Crippen LogP contribution in [-0.4, -0.2) is 30.7 Å². The van der Waals surface area contributed by atoms with Gasteiger partial charge in [0.15, 0.2) is 0 Å². The Kier molecular flexibility index (Phi) is 5.91. The smallest absolute Gasteiger partial charge is 0.148 e. The third-order valence-corrected chi connectivity index (χ3v) is 2.80. The van der Waals surface area contributed by atoms with Crippen LogP contribution in [0.2, 0.25) is 0 Å². The Morgan fingerprint density at radius 1 is 1.38 bits per heavy atom. The summed E-state index contributed by atoms with van der Waals surface area (Å²) >= 11 is 0. The number of hydrogen-bond acceptors (Lipinski definition) is 3. The van der Waals surface area contributed by atoms with Crippen molar-refractivity contribution in [2.24, 2.45) is 11.8 Å². The van der Waals surface area contributed by atoms with Crippen molar-refractivity contribution in [2.45, 2.75) is 39.4 Å². The molecule has 4 atom stereocenters. The normalized spacial score (nSPS) is 20.4. The van der Waals surface area contributed by atoms with Gasteiger partial charge in [-0.1, -0.05) is 20.8 Å². The van der Waals surface area contributed by atoms with E-state index in [1.807, 2.05) is 20.8 Å². The first-order valence-electron chi connectivity index (χ1n) is 4.74. The van der Waals surface area contributed by atoms with Crippen LogP contribution in [0.25, 0.3) is 0 Å². The summed E-state index contributed by atoms with van der Waals surface area (Å²) in [6.07, 6.45) is 0.723. The van der Waals surface area contributed by atoms with Gasteiger partial charge in [0.1, 0.15) is 12.4 Å². The molecule has 0 saturated heterocycles. The Hall–Kier alpha value is -0.410. The highest BCUT2D eigenvalue weighted by Gasteiger charge is 2.26. The number of ether oxygens (including phenoxy) is 1. The first-order valence-corrected chi connectivity index (χ1v) is 4.74. The molecule has 0 aliphatic rings. The molecule has 1 N–H and O–H groups in total. The molecule has 3 nitrogen and oxygen atoms in total. The fourth-order valence-electron chi connectivity index (χ4n) is 1.53. The summed E-state index contributed by atoms with van der Waals surface area (Å²) < 4.78 is 5.25. The van der Waals surface area contributed by atoms with Crippen LogP contribution in [0, 0.1) is 11.8 Å². The molecule has 0 spiro atoms. The Labute approximate surface area is 80.1 Å². The summed E-state index contributed by atoms with van der Waals surface area (Å²) in [6, 6.07) is 0. The molecule has 0 aromatic rings. The van der Waals surface area contributed by atoms with Gasteiger partial charge in [-0.15, -0.1) is 0 Å². The zero-order valence-electron chi connectivity index (χ0n) is 8.86. The maximum absolute atomic E-state index is 10.4. The number of aliphatic hydroxyl groups excluding tert-OH is 1. The third-order valence-electron chi connectivity index (χ3n) is 2.80. The largest absolute Gasteiger partial charge is 0.385 e. The number of aliphatic hydroxyl groups is 1. The summed E-state index contributed by atoms with van der Waals surface area (Å²) in [5.41, 5.74) is 0. The van der Waals surface area contributed by atoms with Crippen LogP contribution in [-0.2, 0) is 9.53 Å². The second kappa shape index (κ2) is 6.11. The van der Waals surface area contributed by atoms with Gasteiger partial charge in [-0.3, -0.25) is 0 Å². The van der Waals surface area contributed by atoms with E-state index in [4.69, 9.17) is 4.74 Å². The molecule has 0 fully saturated rings. The van der Waals surface area contributed by atoms with Crippen molar-refractivity contribution < 1.29 is 14.6 Å². The van der Waals surface area contributed by atoms with Gasteiger partial charge < -0.3 is 14.6 Å². The lowest BCUT2D eigenvalue weighted by Crippen LogP contribution is -2.33. The highest BCUT2D eigenvalue weighted by molar-refractivity contribution is 5.56. The van der Waals surface area contributed by atoms with Gasteiger partial charge >= 0.3 is 0 Å². The van der Waals surface area contributed by atoms with Gasteiger partial charge in [-0.25, -0.2) is 0 Å². The molecule has 0 radical (unpaired) electrons. The number of rotatable bonds is 6. The van der Waals surface area contributed by atoms with Gasteiger partial charge in [0.25, 0.3) is 0 Å². The van der Waals surface area contributed by atoms with E-state index in [-0.39, 0.29) is 17.9 Å². The number of hydrogen-bond donors (Lipinski definition) is 1. The minimum atomic E-state index is -0.876. The van der Waals surface area contributed by atoms with Crippen molar-refractivity contribution in [3.05, 3.63) is 0 Å². The van der Waals surface area contributed by atoms with E-state index in [2.05, 4.69) is 0 Å². The molecule has 0 bridgehead atoms. The van der Waals surface area contributed by atoms with Crippen LogP contribution in [0.4, 0.5) is 0 Å². The number of aldehydes is 1. The summed E-state index contributed by atoms with van der Waals surface area (Å²) in [5.74, 6) is 0.137. The van der Waals surface area contributed by atoms with E-state index < -0.39 is 6.10 Å². The van der Waals surface area contributed by atoms with E-state index in [0.29, 0.717) is 6.29 Å². The van der Waals surface area contributed by atoms with Crippen LogP contribution >= 0.6 is 0 Å². The Bertz CT molecular complexity index is 143. The second-order valence-corrected chi connectivity index (χ2v) is 3.53. The van der Waals surface area contributed by atoms with Crippen LogP contribution in [0.15, 0.2) is 0 Å². The highest BCUT2D eigenvalue weighted by Crippen LogP contribution is 2.21. The lowest BCUT2D eigenvalue weighted by molar-refractivity contribution is -0.119. The van der Waals surface area contributed by atoms with Crippen molar-refractivity contribution in [3.63, 3.8) is 0 Å². The number of carbonyl (C=O) groups is 1. The SMILES string of the molecule is CC[C@H](OC)[C@@H](C)[C@@H](C)[C@H](O)C=O. The third kappa shape index (κ3) is 3.44. The van der Waals surface area contributed by atoms with Crippen molar-refractivity contribution in [3.8, 4) is 0 Å². The quantitative estimate of drug-likeness (QED) is 0.638. The van der Waals surface area contributed by atoms with Gasteiger partial charge in [-0.2, -0.15) is 0 Å². The maximum Gasteiger partial charge on any atom is 0.148 e. The predicted molar refractivity (Wildman–Crippen MR) is 51.5 cm³/mol.